The van der Waals surface area contributed by atoms with Crippen LogP contribution >= 0.6 is 0 Å². The van der Waals surface area contributed by atoms with Crippen LogP contribution in [-0.2, 0) is 9.53 Å². The molecule has 1 aliphatic rings. The molecule has 0 saturated heterocycles. The fourth-order valence-electron chi connectivity index (χ4n) is 2.55. The maximum Gasteiger partial charge on any atom is 0.313 e. The summed E-state index contributed by atoms with van der Waals surface area (Å²) in [7, 11) is 0. The first-order valence-corrected chi connectivity index (χ1v) is 6.59. The van der Waals surface area contributed by atoms with Crippen LogP contribution in [0.4, 0.5) is 0 Å². The second-order valence-corrected chi connectivity index (χ2v) is 4.82. The van der Waals surface area contributed by atoms with Gasteiger partial charge >= 0.3 is 5.97 Å². The van der Waals surface area contributed by atoms with Crippen molar-refractivity contribution in [2.75, 3.05) is 0 Å². The Hall–Kier alpha value is -0.790. The molecule has 0 spiro atoms. The number of hydrogen-bond donors (Lipinski definition) is 0. The zero-order valence-corrected chi connectivity index (χ0v) is 10.4. The Balaban J connectivity index is 2.17. The molecule has 2 heteroatoms. The van der Waals surface area contributed by atoms with E-state index in [2.05, 4.69) is 13.5 Å². The van der Waals surface area contributed by atoms with Gasteiger partial charge in [-0.25, -0.2) is 0 Å². The second kappa shape index (κ2) is 7.48. The van der Waals surface area contributed by atoms with E-state index in [1.165, 1.54) is 44.8 Å². The molecule has 0 atom stereocenters. The molecule has 92 valence electrons. The van der Waals surface area contributed by atoms with Crippen LogP contribution < -0.4 is 0 Å². The van der Waals surface area contributed by atoms with E-state index in [1.54, 1.807) is 0 Å². The van der Waals surface area contributed by atoms with E-state index in [-0.39, 0.29) is 11.9 Å². The average Bonchev–Trinajstić information content (AvgIpc) is 2.30. The number of carbonyl (C=O) groups is 1. The van der Waals surface area contributed by atoms with Crippen molar-refractivity contribution in [1.82, 2.24) is 0 Å². The summed E-state index contributed by atoms with van der Waals surface area (Å²) in [6.07, 6.45) is 11.0. The lowest BCUT2D eigenvalue weighted by Crippen LogP contribution is -2.22. The largest absolute Gasteiger partial charge is 0.435 e. The molecule has 1 saturated carbocycles. The summed E-state index contributed by atoms with van der Waals surface area (Å²) in [5, 5.41) is 0. The smallest absolute Gasteiger partial charge is 0.313 e. The fraction of sp³-hybridized carbons (Fsp3) is 0.786. The number of unbranched alkanes of at least 4 members (excludes halogenated alkanes) is 2. The first-order chi connectivity index (χ1) is 7.77. The summed E-state index contributed by atoms with van der Waals surface area (Å²) in [6, 6.07) is 0. The number of rotatable bonds is 6. The fourth-order valence-corrected chi connectivity index (χ4v) is 2.55. The highest BCUT2D eigenvalue weighted by atomic mass is 16.5. The highest BCUT2D eigenvalue weighted by Gasteiger charge is 2.26. The van der Waals surface area contributed by atoms with Crippen molar-refractivity contribution in [3.63, 3.8) is 0 Å². The highest BCUT2D eigenvalue weighted by molar-refractivity contribution is 5.73. The summed E-state index contributed by atoms with van der Waals surface area (Å²) in [5.41, 5.74) is 0. The van der Waals surface area contributed by atoms with E-state index in [9.17, 15) is 4.79 Å². The van der Waals surface area contributed by atoms with Gasteiger partial charge in [0.25, 0.3) is 0 Å². The van der Waals surface area contributed by atoms with Crippen molar-refractivity contribution < 1.29 is 9.53 Å². The van der Waals surface area contributed by atoms with Gasteiger partial charge in [0, 0.05) is 0 Å². The monoisotopic (exact) mass is 224 g/mol. The predicted octanol–water partition coefficient (Wildman–Crippen LogP) is 4.06. The molecule has 0 aromatic carbocycles. The van der Waals surface area contributed by atoms with Gasteiger partial charge in [0.05, 0.1) is 12.2 Å². The van der Waals surface area contributed by atoms with E-state index in [1.807, 2.05) is 0 Å². The van der Waals surface area contributed by atoms with E-state index < -0.39 is 0 Å². The van der Waals surface area contributed by atoms with Gasteiger partial charge in [0.2, 0.25) is 0 Å². The minimum atomic E-state index is -0.0815. The minimum Gasteiger partial charge on any atom is -0.435 e. The van der Waals surface area contributed by atoms with Gasteiger partial charge in [-0.15, -0.1) is 0 Å². The molecule has 0 bridgehead atoms. The van der Waals surface area contributed by atoms with Gasteiger partial charge < -0.3 is 4.74 Å². The number of esters is 1. The van der Waals surface area contributed by atoms with Crippen LogP contribution in [0.3, 0.4) is 0 Å². The number of ether oxygens (including phenoxy) is 1. The zero-order valence-electron chi connectivity index (χ0n) is 10.4. The molecular weight excluding hydrogens is 200 g/mol. The maximum atomic E-state index is 11.5. The molecule has 0 radical (unpaired) electrons. The molecule has 2 nitrogen and oxygen atoms in total. The Bertz CT molecular complexity index is 215. The molecule has 0 aliphatic heterocycles. The van der Waals surface area contributed by atoms with Crippen molar-refractivity contribution >= 4 is 5.97 Å². The van der Waals surface area contributed by atoms with Crippen molar-refractivity contribution in [3.05, 3.63) is 12.8 Å². The van der Waals surface area contributed by atoms with Gasteiger partial charge in [0.15, 0.2) is 0 Å². The topological polar surface area (TPSA) is 26.3 Å². The zero-order chi connectivity index (χ0) is 11.8. The Kier molecular flexibility index (Phi) is 6.20. The van der Waals surface area contributed by atoms with Crippen molar-refractivity contribution in [3.8, 4) is 0 Å². The lowest BCUT2D eigenvalue weighted by atomic mass is 9.80. The van der Waals surface area contributed by atoms with Crippen LogP contribution in [0.5, 0.6) is 0 Å². The van der Waals surface area contributed by atoms with Crippen LogP contribution in [0.25, 0.3) is 0 Å². The first-order valence-electron chi connectivity index (χ1n) is 6.59. The van der Waals surface area contributed by atoms with Crippen LogP contribution in [0.1, 0.15) is 58.3 Å². The van der Waals surface area contributed by atoms with Crippen LogP contribution in [-0.4, -0.2) is 5.97 Å². The predicted molar refractivity (Wildman–Crippen MR) is 65.9 cm³/mol. The molecule has 16 heavy (non-hydrogen) atoms. The Labute approximate surface area is 99.1 Å². The van der Waals surface area contributed by atoms with Gasteiger partial charge in [-0.2, -0.15) is 0 Å². The molecule has 0 aromatic heterocycles. The Morgan fingerprint density at radius 2 is 2.00 bits per heavy atom. The average molecular weight is 224 g/mol. The van der Waals surface area contributed by atoms with Crippen LogP contribution in [0, 0.1) is 11.8 Å². The summed E-state index contributed by atoms with van der Waals surface area (Å²) in [6.45, 7) is 5.66. The van der Waals surface area contributed by atoms with Crippen LogP contribution in [0.15, 0.2) is 12.8 Å². The lowest BCUT2D eigenvalue weighted by molar-refractivity contribution is -0.144. The highest BCUT2D eigenvalue weighted by Crippen LogP contribution is 2.32. The lowest BCUT2D eigenvalue weighted by Gasteiger charge is -2.26. The molecule has 0 heterocycles. The summed E-state index contributed by atoms with van der Waals surface area (Å²) >= 11 is 0. The van der Waals surface area contributed by atoms with Gasteiger partial charge in [-0.3, -0.25) is 4.79 Å². The number of carbonyl (C=O) groups excluding carboxylic acids is 1. The molecule has 1 fully saturated rings. The second-order valence-electron chi connectivity index (χ2n) is 4.82. The third kappa shape index (κ3) is 4.38. The normalized spacial score (nSPS) is 25.1. The summed E-state index contributed by atoms with van der Waals surface area (Å²) in [4.78, 5) is 11.5. The van der Waals surface area contributed by atoms with Crippen molar-refractivity contribution in [1.29, 1.82) is 0 Å². The Morgan fingerprint density at radius 3 is 2.56 bits per heavy atom. The molecular formula is C14H24O2. The van der Waals surface area contributed by atoms with Crippen molar-refractivity contribution in [2.24, 2.45) is 11.8 Å². The molecule has 0 aromatic rings. The minimum absolute atomic E-state index is 0.0815. The quantitative estimate of drug-likeness (QED) is 0.386. The molecule has 0 amide bonds. The Morgan fingerprint density at radius 1 is 1.31 bits per heavy atom. The van der Waals surface area contributed by atoms with Gasteiger partial charge in [0.1, 0.15) is 0 Å². The molecule has 1 rings (SSSR count). The molecule has 1 aliphatic carbocycles. The van der Waals surface area contributed by atoms with Gasteiger partial charge in [-0.1, -0.05) is 39.2 Å². The third-order valence-electron chi connectivity index (χ3n) is 3.60. The number of hydrogen-bond acceptors (Lipinski definition) is 2. The van der Waals surface area contributed by atoms with E-state index in [0.29, 0.717) is 0 Å². The maximum absolute atomic E-state index is 11.5. The molecule has 0 N–H and O–H groups in total. The third-order valence-corrected chi connectivity index (χ3v) is 3.60. The molecule has 0 unspecified atom stereocenters. The summed E-state index contributed by atoms with van der Waals surface area (Å²) in [5.74, 6) is 0.891. The SMILES string of the molecule is C=COC(=O)C1CCC(CCCCC)CC1. The van der Waals surface area contributed by atoms with E-state index >= 15 is 0 Å². The summed E-state index contributed by atoms with van der Waals surface area (Å²) < 4.78 is 4.84. The van der Waals surface area contributed by atoms with Gasteiger partial charge in [-0.05, 0) is 31.6 Å². The first kappa shape index (κ1) is 13.3. The standard InChI is InChI=1S/C14H24O2/c1-3-5-6-7-12-8-10-13(11-9-12)14(15)16-4-2/h4,12-13H,2-3,5-11H2,1H3. The van der Waals surface area contributed by atoms with E-state index in [4.69, 9.17) is 4.74 Å². The van der Waals surface area contributed by atoms with E-state index in [0.717, 1.165) is 18.8 Å². The van der Waals surface area contributed by atoms with Crippen LogP contribution in [0.2, 0.25) is 0 Å². The van der Waals surface area contributed by atoms with Crippen molar-refractivity contribution in [2.45, 2.75) is 58.3 Å².